The maximum Gasteiger partial charge on any atom is 0.317 e. The summed E-state index contributed by atoms with van der Waals surface area (Å²) in [5, 5.41) is 0. The van der Waals surface area contributed by atoms with Gasteiger partial charge in [0.1, 0.15) is 0 Å². The van der Waals surface area contributed by atoms with Gasteiger partial charge in [0.05, 0.1) is 6.42 Å². The fourth-order valence-electron chi connectivity index (χ4n) is 1.37. The topological polar surface area (TPSA) is 43.4 Å². The first kappa shape index (κ1) is 14.9. The van der Waals surface area contributed by atoms with Gasteiger partial charge in [0.2, 0.25) is 0 Å². The van der Waals surface area contributed by atoms with E-state index < -0.39 is 11.9 Å². The number of esters is 2. The smallest absolute Gasteiger partial charge is 0.317 e. The lowest BCUT2D eigenvalue weighted by Crippen LogP contribution is -2.07. The molecular formula is C13H22O3. The molecule has 0 aromatic carbocycles. The lowest BCUT2D eigenvalue weighted by molar-refractivity contribution is -0.157. The molecule has 0 heterocycles. The summed E-state index contributed by atoms with van der Waals surface area (Å²) in [6.07, 6.45) is 11.2. The molecule has 0 unspecified atom stereocenters. The Balaban J connectivity index is 3.34. The monoisotopic (exact) mass is 226 g/mol. The van der Waals surface area contributed by atoms with E-state index in [1.807, 2.05) is 6.08 Å². The van der Waals surface area contributed by atoms with Crippen LogP contribution < -0.4 is 0 Å². The van der Waals surface area contributed by atoms with Crippen LogP contribution in [-0.2, 0) is 14.3 Å². The van der Waals surface area contributed by atoms with E-state index in [4.69, 9.17) is 0 Å². The third-order valence-corrected chi connectivity index (χ3v) is 2.18. The largest absolute Gasteiger partial charge is 0.393 e. The minimum Gasteiger partial charge on any atom is -0.393 e. The molecule has 0 spiro atoms. The number of rotatable bonds is 8. The predicted molar refractivity (Wildman–Crippen MR) is 63.9 cm³/mol. The lowest BCUT2D eigenvalue weighted by Gasteiger charge is -1.96. The summed E-state index contributed by atoms with van der Waals surface area (Å²) in [5.74, 6) is -1.02. The van der Waals surface area contributed by atoms with E-state index in [2.05, 4.69) is 11.7 Å². The van der Waals surface area contributed by atoms with Gasteiger partial charge in [-0.15, -0.1) is 0 Å². The Bertz CT molecular complexity index is 231. The van der Waals surface area contributed by atoms with Crippen LogP contribution in [0, 0.1) is 0 Å². The Morgan fingerprint density at radius 2 is 1.75 bits per heavy atom. The van der Waals surface area contributed by atoms with Crippen LogP contribution in [0.15, 0.2) is 12.2 Å². The number of ether oxygens (including phenoxy) is 1. The summed E-state index contributed by atoms with van der Waals surface area (Å²) in [5.41, 5.74) is 0. The van der Waals surface area contributed by atoms with E-state index in [0.717, 1.165) is 12.8 Å². The van der Waals surface area contributed by atoms with E-state index in [0.29, 0.717) is 0 Å². The van der Waals surface area contributed by atoms with Crippen molar-refractivity contribution in [3.8, 4) is 0 Å². The Hall–Kier alpha value is -1.12. The molecule has 0 aliphatic rings. The molecule has 0 aliphatic heterocycles. The molecule has 0 radical (unpaired) electrons. The van der Waals surface area contributed by atoms with Gasteiger partial charge in [0.25, 0.3) is 0 Å². The zero-order valence-electron chi connectivity index (χ0n) is 10.3. The third-order valence-electron chi connectivity index (χ3n) is 2.18. The number of allylic oxidation sites excluding steroid dienone is 1. The van der Waals surface area contributed by atoms with Crippen molar-refractivity contribution in [2.75, 3.05) is 0 Å². The molecule has 0 saturated heterocycles. The molecule has 16 heavy (non-hydrogen) atoms. The summed E-state index contributed by atoms with van der Waals surface area (Å²) in [6, 6.07) is 0. The Labute approximate surface area is 97.9 Å². The molecular weight excluding hydrogens is 204 g/mol. The van der Waals surface area contributed by atoms with E-state index in [9.17, 15) is 9.59 Å². The van der Waals surface area contributed by atoms with Gasteiger partial charge in [0, 0.05) is 6.92 Å². The Morgan fingerprint density at radius 3 is 2.38 bits per heavy atom. The maximum absolute atomic E-state index is 10.9. The van der Waals surface area contributed by atoms with Crippen LogP contribution >= 0.6 is 0 Å². The van der Waals surface area contributed by atoms with Crippen LogP contribution in [0.25, 0.3) is 0 Å². The Kier molecular flexibility index (Phi) is 9.67. The van der Waals surface area contributed by atoms with Crippen molar-refractivity contribution in [1.29, 1.82) is 0 Å². The normalized spacial score (nSPS) is 10.6. The van der Waals surface area contributed by atoms with Gasteiger partial charge < -0.3 is 4.74 Å². The first-order chi connectivity index (χ1) is 7.66. The second-order valence-corrected chi connectivity index (χ2v) is 3.84. The second kappa shape index (κ2) is 10.4. The average Bonchev–Trinajstić information content (AvgIpc) is 2.21. The fourth-order valence-corrected chi connectivity index (χ4v) is 1.37. The quantitative estimate of drug-likeness (QED) is 0.276. The van der Waals surface area contributed by atoms with Gasteiger partial charge in [-0.25, -0.2) is 0 Å². The summed E-state index contributed by atoms with van der Waals surface area (Å²) in [6.45, 7) is 3.43. The number of carbonyl (C=O) groups excluding carboxylic acids is 2. The van der Waals surface area contributed by atoms with Crippen molar-refractivity contribution >= 4 is 11.9 Å². The van der Waals surface area contributed by atoms with Crippen LogP contribution in [0.3, 0.4) is 0 Å². The lowest BCUT2D eigenvalue weighted by atomic mass is 10.1. The highest BCUT2D eigenvalue weighted by molar-refractivity contribution is 5.84. The van der Waals surface area contributed by atoms with E-state index in [1.165, 1.54) is 32.6 Å². The van der Waals surface area contributed by atoms with E-state index in [-0.39, 0.29) is 6.42 Å². The molecule has 0 atom stereocenters. The van der Waals surface area contributed by atoms with E-state index in [1.54, 1.807) is 6.08 Å². The highest BCUT2D eigenvalue weighted by Gasteiger charge is 2.01. The van der Waals surface area contributed by atoms with Crippen molar-refractivity contribution < 1.29 is 14.3 Å². The third kappa shape index (κ3) is 11.0. The highest BCUT2D eigenvalue weighted by atomic mass is 16.6. The van der Waals surface area contributed by atoms with Gasteiger partial charge in [-0.2, -0.15) is 0 Å². The van der Waals surface area contributed by atoms with Crippen LogP contribution in [0.5, 0.6) is 0 Å². The number of hydrogen-bond acceptors (Lipinski definition) is 3. The summed E-state index contributed by atoms with van der Waals surface area (Å²) in [4.78, 5) is 21.4. The standard InChI is InChI=1S/C13H22O3/c1-3-4-5-6-7-8-9-10-11-13(15)16-12(2)14/h9-10H,3-8,11H2,1-2H3. The highest BCUT2D eigenvalue weighted by Crippen LogP contribution is 2.05. The second-order valence-electron chi connectivity index (χ2n) is 3.84. The number of hydrogen-bond donors (Lipinski definition) is 0. The number of unbranched alkanes of at least 4 members (excludes halogenated alkanes) is 5. The van der Waals surface area contributed by atoms with Gasteiger partial charge in [0.15, 0.2) is 0 Å². The first-order valence-corrected chi connectivity index (χ1v) is 6.03. The van der Waals surface area contributed by atoms with Crippen LogP contribution in [0.1, 0.15) is 58.8 Å². The molecule has 0 saturated carbocycles. The zero-order chi connectivity index (χ0) is 12.2. The molecule has 0 aliphatic carbocycles. The fraction of sp³-hybridized carbons (Fsp3) is 0.692. The van der Waals surface area contributed by atoms with Gasteiger partial charge in [-0.05, 0) is 12.8 Å². The van der Waals surface area contributed by atoms with Crippen LogP contribution in [-0.4, -0.2) is 11.9 Å². The van der Waals surface area contributed by atoms with E-state index >= 15 is 0 Å². The Morgan fingerprint density at radius 1 is 1.06 bits per heavy atom. The van der Waals surface area contributed by atoms with Gasteiger partial charge in [-0.3, -0.25) is 9.59 Å². The van der Waals surface area contributed by atoms with Crippen molar-refractivity contribution in [1.82, 2.24) is 0 Å². The van der Waals surface area contributed by atoms with Gasteiger partial charge >= 0.3 is 11.9 Å². The van der Waals surface area contributed by atoms with Gasteiger partial charge in [-0.1, -0.05) is 44.8 Å². The van der Waals surface area contributed by atoms with Crippen molar-refractivity contribution in [3.05, 3.63) is 12.2 Å². The molecule has 0 bridgehead atoms. The molecule has 3 nitrogen and oxygen atoms in total. The number of carbonyl (C=O) groups is 2. The minimum absolute atomic E-state index is 0.189. The molecule has 0 fully saturated rings. The van der Waals surface area contributed by atoms with Crippen molar-refractivity contribution in [2.24, 2.45) is 0 Å². The van der Waals surface area contributed by atoms with Crippen molar-refractivity contribution in [2.45, 2.75) is 58.8 Å². The summed E-state index contributed by atoms with van der Waals surface area (Å²) in [7, 11) is 0. The summed E-state index contributed by atoms with van der Waals surface area (Å²) >= 11 is 0. The predicted octanol–water partition coefficient (Wildman–Crippen LogP) is 3.38. The molecule has 0 amide bonds. The summed E-state index contributed by atoms with van der Waals surface area (Å²) < 4.78 is 4.38. The average molecular weight is 226 g/mol. The molecule has 0 N–H and O–H groups in total. The zero-order valence-corrected chi connectivity index (χ0v) is 10.3. The SMILES string of the molecule is CCCCCCCC=CCC(=O)OC(C)=O. The first-order valence-electron chi connectivity index (χ1n) is 6.03. The maximum atomic E-state index is 10.9. The molecule has 0 rings (SSSR count). The molecule has 0 aromatic rings. The van der Waals surface area contributed by atoms with Crippen molar-refractivity contribution in [3.63, 3.8) is 0 Å². The van der Waals surface area contributed by atoms with Crippen LogP contribution in [0.4, 0.5) is 0 Å². The molecule has 3 heteroatoms. The molecule has 0 aromatic heterocycles. The minimum atomic E-state index is -0.544. The van der Waals surface area contributed by atoms with Crippen LogP contribution in [0.2, 0.25) is 0 Å². The molecule has 92 valence electrons.